The molecule has 0 bridgehead atoms. The van der Waals surface area contributed by atoms with E-state index in [4.69, 9.17) is 5.73 Å². The minimum absolute atomic E-state index is 0.766. The average molecular weight is 270 g/mol. The summed E-state index contributed by atoms with van der Waals surface area (Å²) in [6, 6.07) is 0.970. The third-order valence-electron chi connectivity index (χ3n) is 2.24. The molecule has 0 aliphatic rings. The summed E-state index contributed by atoms with van der Waals surface area (Å²) >= 11 is 0. The van der Waals surface area contributed by atoms with Crippen LogP contribution < -0.4 is 5.73 Å². The van der Waals surface area contributed by atoms with Gasteiger partial charge in [-0.3, -0.25) is 10.1 Å². The molecule has 0 heterocycles. The Hall–Kier alpha value is -1.77. The Labute approximate surface area is 97.3 Å². The fourth-order valence-corrected chi connectivity index (χ4v) is 1.29. The molecule has 0 aliphatic carbocycles. The van der Waals surface area contributed by atoms with Crippen LogP contribution in [-0.4, -0.2) is 17.0 Å². The van der Waals surface area contributed by atoms with Crippen molar-refractivity contribution >= 4 is 5.69 Å². The lowest BCUT2D eigenvalue weighted by atomic mass is 9.99. The van der Waals surface area contributed by atoms with Crippen LogP contribution in [0.3, 0.4) is 0 Å². The quantitative estimate of drug-likeness (QED) is 0.521. The molecular weight excluding hydrogens is 263 g/mol. The van der Waals surface area contributed by atoms with Crippen molar-refractivity contribution in [1.29, 1.82) is 0 Å². The van der Waals surface area contributed by atoms with Gasteiger partial charge in [-0.2, -0.15) is 22.0 Å². The maximum Gasteiger partial charge on any atom is 0.455 e. The fourth-order valence-electron chi connectivity index (χ4n) is 1.29. The normalized spacial score (nSPS) is 14.3. The largest absolute Gasteiger partial charge is 0.455 e. The maximum atomic E-state index is 13.0. The van der Waals surface area contributed by atoms with E-state index in [0.29, 0.717) is 0 Å². The number of nitrogens with zero attached hydrogens (tertiary/aromatic N) is 1. The first kappa shape index (κ1) is 14.3. The minimum Gasteiger partial charge on any atom is -0.318 e. The molecule has 100 valence electrons. The molecule has 0 unspecified atom stereocenters. The number of alkyl halides is 5. The topological polar surface area (TPSA) is 69.2 Å². The van der Waals surface area contributed by atoms with Gasteiger partial charge in [0.1, 0.15) is 6.04 Å². The van der Waals surface area contributed by atoms with E-state index in [0.717, 1.165) is 24.3 Å². The summed E-state index contributed by atoms with van der Waals surface area (Å²) < 4.78 is 62.3. The molecule has 1 atom stereocenters. The Morgan fingerprint density at radius 3 is 2.11 bits per heavy atom. The standard InChI is InChI=1S/C9H7F5N2O2/c10-8(11,9(12,13)14)7(15)5-3-1-2-4-6(5)16(17)18/h1-4,7H,15H2/t7-/m1/s1. The number of hydrogen-bond donors (Lipinski definition) is 1. The van der Waals surface area contributed by atoms with E-state index >= 15 is 0 Å². The second-order valence-corrected chi connectivity index (χ2v) is 3.41. The summed E-state index contributed by atoms with van der Waals surface area (Å²) in [5.74, 6) is -5.25. The summed E-state index contributed by atoms with van der Waals surface area (Å²) in [6.07, 6.45) is -5.88. The van der Waals surface area contributed by atoms with Crippen LogP contribution in [0.5, 0.6) is 0 Å². The highest BCUT2D eigenvalue weighted by atomic mass is 19.4. The minimum atomic E-state index is -5.88. The summed E-state index contributed by atoms with van der Waals surface area (Å²) in [5, 5.41) is 10.5. The van der Waals surface area contributed by atoms with Gasteiger partial charge < -0.3 is 5.73 Å². The predicted molar refractivity (Wildman–Crippen MR) is 51.0 cm³/mol. The summed E-state index contributed by atoms with van der Waals surface area (Å²) in [7, 11) is 0. The van der Waals surface area contributed by atoms with Gasteiger partial charge in [-0.1, -0.05) is 18.2 Å². The van der Waals surface area contributed by atoms with Crippen LogP contribution in [0.2, 0.25) is 0 Å². The van der Waals surface area contributed by atoms with E-state index in [9.17, 15) is 32.1 Å². The molecule has 0 aliphatic heterocycles. The predicted octanol–water partition coefficient (Wildman–Crippen LogP) is 2.79. The molecular formula is C9H7F5N2O2. The molecule has 1 aromatic rings. The molecule has 2 N–H and O–H groups in total. The first-order valence-corrected chi connectivity index (χ1v) is 4.52. The lowest BCUT2D eigenvalue weighted by Gasteiger charge is -2.25. The van der Waals surface area contributed by atoms with E-state index in [1.807, 2.05) is 0 Å². The van der Waals surface area contributed by atoms with Crippen molar-refractivity contribution < 1.29 is 26.9 Å². The van der Waals surface area contributed by atoms with Crippen LogP contribution in [0.15, 0.2) is 24.3 Å². The maximum absolute atomic E-state index is 13.0. The average Bonchev–Trinajstić information content (AvgIpc) is 2.26. The zero-order chi connectivity index (χ0) is 14.1. The molecule has 4 nitrogen and oxygen atoms in total. The van der Waals surface area contributed by atoms with Crippen molar-refractivity contribution in [3.05, 3.63) is 39.9 Å². The fraction of sp³-hybridized carbons (Fsp3) is 0.333. The molecule has 1 aromatic carbocycles. The number of para-hydroxylation sites is 1. The molecule has 18 heavy (non-hydrogen) atoms. The van der Waals surface area contributed by atoms with Gasteiger partial charge in [0.05, 0.1) is 10.5 Å². The highest BCUT2D eigenvalue weighted by Gasteiger charge is 2.62. The van der Waals surface area contributed by atoms with Crippen LogP contribution in [0.25, 0.3) is 0 Å². The number of halogens is 5. The Morgan fingerprint density at radius 2 is 1.67 bits per heavy atom. The Balaban J connectivity index is 3.27. The summed E-state index contributed by atoms with van der Waals surface area (Å²) in [6.45, 7) is 0. The highest BCUT2D eigenvalue weighted by Crippen LogP contribution is 2.44. The van der Waals surface area contributed by atoms with E-state index in [-0.39, 0.29) is 0 Å². The number of nitro groups is 1. The van der Waals surface area contributed by atoms with Gasteiger partial charge in [0, 0.05) is 6.07 Å². The first-order chi connectivity index (χ1) is 8.09. The van der Waals surface area contributed by atoms with E-state index in [2.05, 4.69) is 0 Å². The van der Waals surface area contributed by atoms with Crippen molar-refractivity contribution in [2.24, 2.45) is 5.73 Å². The van der Waals surface area contributed by atoms with Crippen molar-refractivity contribution in [2.45, 2.75) is 18.1 Å². The third kappa shape index (κ3) is 2.40. The van der Waals surface area contributed by atoms with E-state index in [1.165, 1.54) is 0 Å². The first-order valence-electron chi connectivity index (χ1n) is 4.52. The molecule has 1 rings (SSSR count). The summed E-state index contributed by atoms with van der Waals surface area (Å²) in [5.41, 5.74) is 3.07. The lowest BCUT2D eigenvalue weighted by molar-refractivity contribution is -0.386. The highest BCUT2D eigenvalue weighted by molar-refractivity contribution is 5.43. The van der Waals surface area contributed by atoms with Crippen LogP contribution in [0.1, 0.15) is 11.6 Å². The number of hydrogen-bond acceptors (Lipinski definition) is 3. The molecule has 0 fully saturated rings. The zero-order valence-electron chi connectivity index (χ0n) is 8.62. The van der Waals surface area contributed by atoms with Gasteiger partial charge in [0.15, 0.2) is 0 Å². The second-order valence-electron chi connectivity index (χ2n) is 3.41. The Bertz CT molecular complexity index is 461. The van der Waals surface area contributed by atoms with Gasteiger partial charge in [0.2, 0.25) is 0 Å². The van der Waals surface area contributed by atoms with Gasteiger partial charge in [-0.25, -0.2) is 0 Å². The summed E-state index contributed by atoms with van der Waals surface area (Å²) in [4.78, 5) is 9.46. The van der Waals surface area contributed by atoms with Crippen LogP contribution in [0, 0.1) is 10.1 Å². The van der Waals surface area contributed by atoms with E-state index in [1.54, 1.807) is 0 Å². The van der Waals surface area contributed by atoms with Gasteiger partial charge in [-0.15, -0.1) is 0 Å². The monoisotopic (exact) mass is 270 g/mol. The zero-order valence-corrected chi connectivity index (χ0v) is 8.62. The second kappa shape index (κ2) is 4.48. The van der Waals surface area contributed by atoms with Crippen LogP contribution in [-0.2, 0) is 0 Å². The van der Waals surface area contributed by atoms with Gasteiger partial charge >= 0.3 is 12.1 Å². The number of rotatable bonds is 3. The third-order valence-corrected chi connectivity index (χ3v) is 2.24. The van der Waals surface area contributed by atoms with Crippen molar-refractivity contribution in [2.75, 3.05) is 0 Å². The van der Waals surface area contributed by atoms with Crippen molar-refractivity contribution in [3.8, 4) is 0 Å². The van der Waals surface area contributed by atoms with Crippen LogP contribution in [0.4, 0.5) is 27.6 Å². The van der Waals surface area contributed by atoms with Crippen LogP contribution >= 0.6 is 0 Å². The number of nitro benzene ring substituents is 1. The molecule has 0 radical (unpaired) electrons. The smallest absolute Gasteiger partial charge is 0.318 e. The van der Waals surface area contributed by atoms with Gasteiger partial charge in [0.25, 0.3) is 5.69 Å². The molecule has 0 spiro atoms. The van der Waals surface area contributed by atoms with Crippen molar-refractivity contribution in [1.82, 2.24) is 0 Å². The number of benzene rings is 1. The molecule has 0 saturated heterocycles. The SMILES string of the molecule is N[C@H](c1ccccc1[N+](=O)[O-])C(F)(F)C(F)(F)F. The molecule has 0 saturated carbocycles. The molecule has 0 aromatic heterocycles. The Kier molecular flexibility index (Phi) is 3.56. The molecule has 9 heteroatoms. The van der Waals surface area contributed by atoms with E-state index < -0.39 is 34.3 Å². The van der Waals surface area contributed by atoms with Gasteiger partial charge in [-0.05, 0) is 0 Å². The number of nitrogens with two attached hydrogens (primary N) is 1. The lowest BCUT2D eigenvalue weighted by Crippen LogP contribution is -2.46. The Morgan fingerprint density at radius 1 is 1.17 bits per heavy atom. The molecule has 0 amide bonds. The van der Waals surface area contributed by atoms with Crippen molar-refractivity contribution in [3.63, 3.8) is 0 Å².